The minimum absolute atomic E-state index is 0.196. The molecule has 3 rings (SSSR count). The number of carboxylic acids is 1. The van der Waals surface area contributed by atoms with E-state index in [9.17, 15) is 4.79 Å². The Kier molecular flexibility index (Phi) is 5.99. The van der Waals surface area contributed by atoms with E-state index in [1.807, 2.05) is 24.3 Å². The highest BCUT2D eigenvalue weighted by Gasteiger charge is 2.07. The normalized spacial score (nSPS) is 10.4. The van der Waals surface area contributed by atoms with Gasteiger partial charge in [-0.15, -0.1) is 0 Å². The highest BCUT2D eigenvalue weighted by Crippen LogP contribution is 2.24. The van der Waals surface area contributed by atoms with Crippen LogP contribution in [0.15, 0.2) is 66.7 Å². The number of carbonyl (C=O) groups is 1. The third-order valence-electron chi connectivity index (χ3n) is 4.15. The lowest BCUT2D eigenvalue weighted by atomic mass is 10.1. The maximum absolute atomic E-state index is 11.1. The van der Waals surface area contributed by atoms with Crippen molar-refractivity contribution in [1.29, 1.82) is 0 Å². The third kappa shape index (κ3) is 5.25. The lowest BCUT2D eigenvalue weighted by molar-refractivity contribution is 0.0697. The van der Waals surface area contributed by atoms with Gasteiger partial charge in [0.25, 0.3) is 0 Å². The number of halogens is 1. The Balaban J connectivity index is 1.57. The Morgan fingerprint density at radius 3 is 2.33 bits per heavy atom. The molecule has 0 saturated heterocycles. The summed E-state index contributed by atoms with van der Waals surface area (Å²) >= 11 is 6.13. The summed E-state index contributed by atoms with van der Waals surface area (Å²) in [5.41, 5.74) is 4.18. The van der Waals surface area contributed by atoms with Crippen molar-refractivity contribution in [2.75, 3.05) is 5.32 Å². The molecule has 3 aromatic rings. The topological polar surface area (TPSA) is 58.6 Å². The molecule has 27 heavy (non-hydrogen) atoms. The molecule has 0 unspecified atom stereocenters. The summed E-state index contributed by atoms with van der Waals surface area (Å²) in [5.74, 6) is -0.185. The number of anilines is 1. The fourth-order valence-electron chi connectivity index (χ4n) is 2.55. The number of hydrogen-bond acceptors (Lipinski definition) is 3. The maximum atomic E-state index is 11.1. The van der Waals surface area contributed by atoms with Crippen molar-refractivity contribution in [3.63, 3.8) is 0 Å². The second kappa shape index (κ2) is 8.60. The first-order chi connectivity index (χ1) is 13.0. The molecule has 0 radical (unpaired) electrons. The van der Waals surface area contributed by atoms with E-state index < -0.39 is 5.97 Å². The molecule has 0 fully saturated rings. The minimum atomic E-state index is -0.982. The molecule has 0 spiro atoms. The predicted molar refractivity (Wildman–Crippen MR) is 108 cm³/mol. The maximum Gasteiger partial charge on any atom is 0.335 e. The number of benzene rings is 3. The largest absolute Gasteiger partial charge is 0.489 e. The molecule has 0 aliphatic carbocycles. The van der Waals surface area contributed by atoms with Crippen LogP contribution in [-0.4, -0.2) is 11.1 Å². The van der Waals surface area contributed by atoms with Crippen molar-refractivity contribution in [3.8, 4) is 5.75 Å². The van der Waals surface area contributed by atoms with E-state index in [4.69, 9.17) is 21.4 Å². The van der Waals surface area contributed by atoms with Crippen molar-refractivity contribution >= 4 is 23.3 Å². The number of ether oxygens (including phenoxy) is 1. The van der Waals surface area contributed by atoms with Crippen LogP contribution in [0, 0.1) is 6.92 Å². The molecule has 0 aromatic heterocycles. The highest BCUT2D eigenvalue weighted by atomic mass is 35.5. The summed E-state index contributed by atoms with van der Waals surface area (Å²) in [4.78, 5) is 11.1. The molecule has 0 aliphatic rings. The standard InChI is InChI=1S/C22H20ClNO3/c1-15-2-4-17(5-3-15)14-27-19-9-6-16(7-10-19)13-24-21-12-18(22(25)26)8-11-20(21)23/h2-12,24H,13-14H2,1H3,(H,25,26). The lowest BCUT2D eigenvalue weighted by Crippen LogP contribution is -2.03. The van der Waals surface area contributed by atoms with E-state index in [1.165, 1.54) is 17.7 Å². The summed E-state index contributed by atoms with van der Waals surface area (Å²) in [7, 11) is 0. The molecular formula is C22H20ClNO3. The SMILES string of the molecule is Cc1ccc(COc2ccc(CNc3cc(C(=O)O)ccc3Cl)cc2)cc1. The van der Waals surface area contributed by atoms with E-state index in [0.717, 1.165) is 16.9 Å². The van der Waals surface area contributed by atoms with Gasteiger partial charge in [0.2, 0.25) is 0 Å². The Labute approximate surface area is 163 Å². The van der Waals surface area contributed by atoms with Gasteiger partial charge in [0.05, 0.1) is 16.3 Å². The molecule has 0 aliphatic heterocycles. The van der Waals surface area contributed by atoms with Crippen molar-refractivity contribution in [2.45, 2.75) is 20.1 Å². The van der Waals surface area contributed by atoms with Gasteiger partial charge in [0.15, 0.2) is 0 Å². The minimum Gasteiger partial charge on any atom is -0.489 e. The Morgan fingerprint density at radius 2 is 1.67 bits per heavy atom. The van der Waals surface area contributed by atoms with Crippen LogP contribution in [0.1, 0.15) is 27.0 Å². The van der Waals surface area contributed by atoms with Gasteiger partial charge in [-0.3, -0.25) is 0 Å². The van der Waals surface area contributed by atoms with Crippen molar-refractivity contribution < 1.29 is 14.6 Å². The first-order valence-corrected chi connectivity index (χ1v) is 8.93. The quantitative estimate of drug-likeness (QED) is 0.564. The van der Waals surface area contributed by atoms with Gasteiger partial charge in [0.1, 0.15) is 12.4 Å². The Morgan fingerprint density at radius 1 is 1.00 bits per heavy atom. The van der Waals surface area contributed by atoms with Crippen molar-refractivity contribution in [1.82, 2.24) is 0 Å². The number of rotatable bonds is 7. The van der Waals surface area contributed by atoms with Crippen LogP contribution in [0.5, 0.6) is 5.75 Å². The average molecular weight is 382 g/mol. The number of hydrogen-bond donors (Lipinski definition) is 2. The van der Waals surface area contributed by atoms with Crippen LogP contribution in [-0.2, 0) is 13.2 Å². The van der Waals surface area contributed by atoms with E-state index >= 15 is 0 Å². The zero-order valence-electron chi connectivity index (χ0n) is 14.9. The number of aromatic carboxylic acids is 1. The molecule has 5 heteroatoms. The van der Waals surface area contributed by atoms with Crippen LogP contribution in [0.2, 0.25) is 5.02 Å². The second-order valence-corrected chi connectivity index (χ2v) is 6.68. The summed E-state index contributed by atoms with van der Waals surface area (Å²) in [5, 5.41) is 12.7. The number of nitrogens with one attached hydrogen (secondary N) is 1. The molecule has 138 valence electrons. The second-order valence-electron chi connectivity index (χ2n) is 6.27. The fourth-order valence-corrected chi connectivity index (χ4v) is 2.73. The zero-order chi connectivity index (χ0) is 19.2. The highest BCUT2D eigenvalue weighted by molar-refractivity contribution is 6.33. The smallest absolute Gasteiger partial charge is 0.335 e. The van der Waals surface area contributed by atoms with E-state index in [1.54, 1.807) is 6.07 Å². The van der Waals surface area contributed by atoms with Crippen LogP contribution >= 0.6 is 11.6 Å². The molecule has 0 saturated carbocycles. The first kappa shape index (κ1) is 18.8. The summed E-state index contributed by atoms with van der Waals surface area (Å²) in [6.45, 7) is 3.11. The van der Waals surface area contributed by atoms with Crippen LogP contribution in [0.4, 0.5) is 5.69 Å². The van der Waals surface area contributed by atoms with Gasteiger partial charge < -0.3 is 15.2 Å². The summed E-state index contributed by atoms with van der Waals surface area (Å²) in [6, 6.07) is 20.6. The van der Waals surface area contributed by atoms with Gasteiger partial charge in [-0.05, 0) is 48.4 Å². The third-order valence-corrected chi connectivity index (χ3v) is 4.48. The van der Waals surface area contributed by atoms with E-state index in [-0.39, 0.29) is 5.56 Å². The number of aryl methyl sites for hydroxylation is 1. The van der Waals surface area contributed by atoms with Crippen LogP contribution < -0.4 is 10.1 Å². The zero-order valence-corrected chi connectivity index (χ0v) is 15.7. The summed E-state index contributed by atoms with van der Waals surface area (Å²) < 4.78 is 5.80. The summed E-state index contributed by atoms with van der Waals surface area (Å²) in [6.07, 6.45) is 0. The van der Waals surface area contributed by atoms with Crippen molar-refractivity contribution in [3.05, 3.63) is 94.0 Å². The van der Waals surface area contributed by atoms with Gasteiger partial charge in [-0.1, -0.05) is 53.6 Å². The van der Waals surface area contributed by atoms with E-state index in [0.29, 0.717) is 23.9 Å². The molecule has 0 atom stereocenters. The Hall–Kier alpha value is -2.98. The predicted octanol–water partition coefficient (Wildman–Crippen LogP) is 5.54. The van der Waals surface area contributed by atoms with Crippen molar-refractivity contribution in [2.24, 2.45) is 0 Å². The molecule has 3 aromatic carbocycles. The molecular weight excluding hydrogens is 362 g/mol. The van der Waals surface area contributed by atoms with Gasteiger partial charge in [0, 0.05) is 6.54 Å². The van der Waals surface area contributed by atoms with Gasteiger partial charge in [-0.25, -0.2) is 4.79 Å². The van der Waals surface area contributed by atoms with Gasteiger partial charge in [-0.2, -0.15) is 0 Å². The average Bonchev–Trinajstić information content (AvgIpc) is 2.67. The molecule has 0 amide bonds. The molecule has 2 N–H and O–H groups in total. The van der Waals surface area contributed by atoms with E-state index in [2.05, 4.69) is 36.5 Å². The Bertz CT molecular complexity index is 921. The first-order valence-electron chi connectivity index (χ1n) is 8.55. The van der Waals surface area contributed by atoms with Gasteiger partial charge >= 0.3 is 5.97 Å². The number of carboxylic acid groups (broad SMARTS) is 1. The monoisotopic (exact) mass is 381 g/mol. The molecule has 4 nitrogen and oxygen atoms in total. The lowest BCUT2D eigenvalue weighted by Gasteiger charge is -2.11. The molecule has 0 bridgehead atoms. The molecule has 0 heterocycles. The fraction of sp³-hybridized carbons (Fsp3) is 0.136. The van der Waals surface area contributed by atoms with Crippen LogP contribution in [0.3, 0.4) is 0 Å². The van der Waals surface area contributed by atoms with Crippen LogP contribution in [0.25, 0.3) is 0 Å².